The fourth-order valence-electron chi connectivity index (χ4n) is 2.94. The molecule has 0 aliphatic carbocycles. The standard InChI is InChI=1S/C19H40N2O9Si2/c1-17(2)18(22)30-14-11-20-19(23)21(12-9-15-31(24-3,25-4)26-5)13-10-16-32(27-6,28-7)29-8/h1,9-16H2,2-8H3,(H,20,23). The van der Waals surface area contributed by atoms with Gasteiger partial charge in [0.05, 0.1) is 6.54 Å². The lowest BCUT2D eigenvalue weighted by molar-refractivity contribution is -0.138. The molecule has 32 heavy (non-hydrogen) atoms. The van der Waals surface area contributed by atoms with Crippen molar-refractivity contribution in [3.63, 3.8) is 0 Å². The Bertz CT molecular complexity index is 530. The van der Waals surface area contributed by atoms with Gasteiger partial charge in [0, 0.05) is 73.4 Å². The SMILES string of the molecule is C=C(C)C(=O)OCCNC(=O)N(CCC[Si](OC)(OC)OC)CCC[Si](OC)(OC)OC. The third-order valence-corrected chi connectivity index (χ3v) is 10.6. The minimum Gasteiger partial charge on any atom is -0.460 e. The predicted octanol–water partition coefficient (Wildman–Crippen LogP) is 1.65. The van der Waals surface area contributed by atoms with Gasteiger partial charge in [-0.2, -0.15) is 0 Å². The van der Waals surface area contributed by atoms with Gasteiger partial charge in [0.25, 0.3) is 0 Å². The van der Waals surface area contributed by atoms with Crippen LogP contribution >= 0.6 is 0 Å². The molecule has 0 aliphatic rings. The molecule has 0 bridgehead atoms. The quantitative estimate of drug-likeness (QED) is 0.131. The second-order valence-electron chi connectivity index (χ2n) is 6.93. The first-order valence-electron chi connectivity index (χ1n) is 10.3. The summed E-state index contributed by atoms with van der Waals surface area (Å²) in [7, 11) is 3.88. The monoisotopic (exact) mass is 496 g/mol. The lowest BCUT2D eigenvalue weighted by Crippen LogP contribution is -2.46. The van der Waals surface area contributed by atoms with E-state index in [1.165, 1.54) is 0 Å². The molecular weight excluding hydrogens is 456 g/mol. The molecule has 0 fully saturated rings. The first kappa shape index (κ1) is 30.7. The molecule has 0 aromatic rings. The van der Waals surface area contributed by atoms with Gasteiger partial charge in [-0.15, -0.1) is 0 Å². The summed E-state index contributed by atoms with van der Waals surface area (Å²) in [5, 5.41) is 2.77. The Labute approximate surface area is 194 Å². The number of carbonyl (C=O) groups is 2. The molecule has 0 saturated carbocycles. The number of hydrogen-bond acceptors (Lipinski definition) is 9. The minimum atomic E-state index is -2.73. The molecule has 0 rings (SSSR count). The van der Waals surface area contributed by atoms with Crippen molar-refractivity contribution >= 4 is 29.6 Å². The van der Waals surface area contributed by atoms with E-state index in [0.29, 0.717) is 43.6 Å². The summed E-state index contributed by atoms with van der Waals surface area (Å²) >= 11 is 0. The van der Waals surface area contributed by atoms with Crippen LogP contribution in [0.25, 0.3) is 0 Å². The smallest absolute Gasteiger partial charge is 0.460 e. The average Bonchev–Trinajstić information content (AvgIpc) is 2.81. The van der Waals surface area contributed by atoms with E-state index in [4.69, 9.17) is 31.3 Å². The van der Waals surface area contributed by atoms with Gasteiger partial charge in [0.1, 0.15) is 6.61 Å². The maximum absolute atomic E-state index is 12.7. The van der Waals surface area contributed by atoms with E-state index in [2.05, 4.69) is 11.9 Å². The van der Waals surface area contributed by atoms with E-state index in [1.54, 1.807) is 54.5 Å². The Morgan fingerprint density at radius 1 is 0.812 bits per heavy atom. The molecule has 0 radical (unpaired) electrons. The second kappa shape index (κ2) is 16.3. The molecule has 2 amide bonds. The van der Waals surface area contributed by atoms with Crippen LogP contribution in [0.2, 0.25) is 12.1 Å². The summed E-state index contributed by atoms with van der Waals surface area (Å²) in [5.41, 5.74) is 0.308. The van der Waals surface area contributed by atoms with Gasteiger partial charge in [0.15, 0.2) is 0 Å². The number of nitrogens with zero attached hydrogens (tertiary/aromatic N) is 1. The minimum absolute atomic E-state index is 0.0609. The molecular formula is C19H40N2O9Si2. The van der Waals surface area contributed by atoms with Crippen molar-refractivity contribution < 1.29 is 40.9 Å². The molecule has 0 saturated heterocycles. The molecule has 13 heteroatoms. The number of ether oxygens (including phenoxy) is 1. The van der Waals surface area contributed by atoms with Gasteiger partial charge < -0.3 is 41.5 Å². The van der Waals surface area contributed by atoms with E-state index in [1.807, 2.05) is 0 Å². The van der Waals surface area contributed by atoms with Gasteiger partial charge in [0.2, 0.25) is 0 Å². The van der Waals surface area contributed by atoms with Gasteiger partial charge >= 0.3 is 29.6 Å². The summed E-state index contributed by atoms with van der Waals surface area (Å²) in [6.07, 6.45) is 1.25. The largest absolute Gasteiger partial charge is 0.500 e. The summed E-state index contributed by atoms with van der Waals surface area (Å²) < 4.78 is 37.7. The van der Waals surface area contributed by atoms with Gasteiger partial charge in [-0.25, -0.2) is 9.59 Å². The van der Waals surface area contributed by atoms with E-state index in [0.717, 1.165) is 0 Å². The molecule has 0 spiro atoms. The van der Waals surface area contributed by atoms with Crippen molar-refractivity contribution in [2.75, 3.05) is 68.9 Å². The van der Waals surface area contributed by atoms with Crippen LogP contribution in [0, 0.1) is 0 Å². The highest BCUT2D eigenvalue weighted by molar-refractivity contribution is 6.60. The van der Waals surface area contributed by atoms with E-state index >= 15 is 0 Å². The second-order valence-corrected chi connectivity index (χ2v) is 13.1. The normalized spacial score (nSPS) is 11.8. The van der Waals surface area contributed by atoms with Crippen molar-refractivity contribution in [2.45, 2.75) is 31.9 Å². The van der Waals surface area contributed by atoms with Crippen molar-refractivity contribution in [3.8, 4) is 0 Å². The van der Waals surface area contributed by atoms with Crippen LogP contribution in [0.1, 0.15) is 19.8 Å². The number of amides is 2. The first-order chi connectivity index (χ1) is 15.2. The van der Waals surface area contributed by atoms with Crippen LogP contribution < -0.4 is 5.32 Å². The van der Waals surface area contributed by atoms with Gasteiger partial charge in [-0.3, -0.25) is 0 Å². The first-order valence-corrected chi connectivity index (χ1v) is 14.2. The Balaban J connectivity index is 4.91. The number of esters is 1. The zero-order valence-electron chi connectivity index (χ0n) is 20.5. The maximum atomic E-state index is 12.7. The van der Waals surface area contributed by atoms with Crippen LogP contribution in [0.3, 0.4) is 0 Å². The van der Waals surface area contributed by atoms with Crippen LogP contribution in [-0.2, 0) is 36.1 Å². The van der Waals surface area contributed by atoms with E-state index in [-0.39, 0.29) is 19.2 Å². The predicted molar refractivity (Wildman–Crippen MR) is 123 cm³/mol. The Hall–Kier alpha value is -1.33. The highest BCUT2D eigenvalue weighted by Gasteiger charge is 2.38. The van der Waals surface area contributed by atoms with Crippen molar-refractivity contribution in [2.24, 2.45) is 0 Å². The lowest BCUT2D eigenvalue weighted by atomic mass is 10.3. The molecule has 1 N–H and O–H groups in total. The summed E-state index contributed by atoms with van der Waals surface area (Å²) in [6.45, 7) is 6.26. The fourth-order valence-corrected chi connectivity index (χ4v) is 6.34. The van der Waals surface area contributed by atoms with Crippen molar-refractivity contribution in [1.29, 1.82) is 0 Å². The third kappa shape index (κ3) is 10.5. The average molecular weight is 497 g/mol. The lowest BCUT2D eigenvalue weighted by Gasteiger charge is -2.28. The Morgan fingerprint density at radius 2 is 1.22 bits per heavy atom. The van der Waals surface area contributed by atoms with Crippen LogP contribution in [-0.4, -0.2) is 103 Å². The topological polar surface area (TPSA) is 114 Å². The zero-order chi connectivity index (χ0) is 24.6. The summed E-state index contributed by atoms with van der Waals surface area (Å²) in [6, 6.07) is 0.850. The Kier molecular flexibility index (Phi) is 15.6. The van der Waals surface area contributed by atoms with E-state index < -0.39 is 23.6 Å². The summed E-state index contributed by atoms with van der Waals surface area (Å²) in [5.74, 6) is -0.490. The molecule has 188 valence electrons. The number of carbonyl (C=O) groups excluding carboxylic acids is 2. The fraction of sp³-hybridized carbons (Fsp3) is 0.789. The van der Waals surface area contributed by atoms with Crippen LogP contribution in [0.4, 0.5) is 4.79 Å². The molecule has 0 heterocycles. The highest BCUT2D eigenvalue weighted by atomic mass is 28.4. The summed E-state index contributed by atoms with van der Waals surface area (Å²) in [4.78, 5) is 25.9. The molecule has 0 unspecified atom stereocenters. The molecule has 11 nitrogen and oxygen atoms in total. The van der Waals surface area contributed by atoms with Crippen LogP contribution in [0.15, 0.2) is 12.2 Å². The van der Waals surface area contributed by atoms with Gasteiger partial charge in [-0.1, -0.05) is 6.58 Å². The third-order valence-electron chi connectivity index (χ3n) is 4.94. The van der Waals surface area contributed by atoms with Crippen LogP contribution in [0.5, 0.6) is 0 Å². The number of hydrogen-bond donors (Lipinski definition) is 1. The molecule has 0 aromatic heterocycles. The number of urea groups is 1. The zero-order valence-corrected chi connectivity index (χ0v) is 22.5. The van der Waals surface area contributed by atoms with Gasteiger partial charge in [-0.05, 0) is 19.8 Å². The maximum Gasteiger partial charge on any atom is 0.500 e. The Morgan fingerprint density at radius 3 is 1.56 bits per heavy atom. The highest BCUT2D eigenvalue weighted by Crippen LogP contribution is 2.18. The van der Waals surface area contributed by atoms with Crippen molar-refractivity contribution in [3.05, 3.63) is 12.2 Å². The van der Waals surface area contributed by atoms with Crippen molar-refractivity contribution in [1.82, 2.24) is 10.2 Å². The molecule has 0 aromatic carbocycles. The molecule has 0 aliphatic heterocycles. The molecule has 0 atom stereocenters. The number of nitrogens with one attached hydrogen (secondary N) is 1. The van der Waals surface area contributed by atoms with E-state index in [9.17, 15) is 9.59 Å². The number of rotatable bonds is 18.